The second-order valence-corrected chi connectivity index (χ2v) is 4.17. The van der Waals surface area contributed by atoms with Gasteiger partial charge in [0.05, 0.1) is 0 Å². The Balaban J connectivity index is 0.000000146. The summed E-state index contributed by atoms with van der Waals surface area (Å²) in [4.78, 5) is 0. The lowest BCUT2D eigenvalue weighted by atomic mass is 9.93. The standard InChI is InChI=1S/C6H14N2.C4H10N2/c7-5-1-2-6(8)4-3-5;1-2-6-4-3-5-1/h5-6H,1-4,7-8H2;5-6H,1-4H2. The summed E-state index contributed by atoms with van der Waals surface area (Å²) in [5.74, 6) is 0. The van der Waals surface area contributed by atoms with Crippen LogP contribution in [0.2, 0.25) is 0 Å². The monoisotopic (exact) mass is 200 g/mol. The first-order chi connectivity index (χ1) is 6.79. The van der Waals surface area contributed by atoms with Crippen LogP contribution in [0.15, 0.2) is 0 Å². The maximum Gasteiger partial charge on any atom is 0.00772 e. The van der Waals surface area contributed by atoms with Gasteiger partial charge in [-0.3, -0.25) is 0 Å². The fourth-order valence-electron chi connectivity index (χ4n) is 1.75. The predicted molar refractivity (Wildman–Crippen MR) is 60.2 cm³/mol. The third kappa shape index (κ3) is 5.54. The predicted octanol–water partition coefficient (Wildman–Crippen LogP) is -0.606. The van der Waals surface area contributed by atoms with Crippen LogP contribution in [-0.4, -0.2) is 38.3 Å². The van der Waals surface area contributed by atoms with Crippen molar-refractivity contribution in [1.82, 2.24) is 10.6 Å². The van der Waals surface area contributed by atoms with Crippen LogP contribution in [0.4, 0.5) is 0 Å². The van der Waals surface area contributed by atoms with Gasteiger partial charge in [-0.1, -0.05) is 0 Å². The summed E-state index contributed by atoms with van der Waals surface area (Å²) >= 11 is 0. The molecule has 84 valence electrons. The number of nitrogens with one attached hydrogen (secondary N) is 2. The minimum atomic E-state index is 0.440. The number of rotatable bonds is 0. The average Bonchev–Trinajstić information content (AvgIpc) is 2.26. The SMILES string of the molecule is C1CNCCN1.NC1CCC(N)CC1. The van der Waals surface area contributed by atoms with E-state index in [1.54, 1.807) is 0 Å². The smallest absolute Gasteiger partial charge is 0.00772 e. The van der Waals surface area contributed by atoms with E-state index >= 15 is 0 Å². The van der Waals surface area contributed by atoms with Crippen molar-refractivity contribution in [3.8, 4) is 0 Å². The van der Waals surface area contributed by atoms with Crippen LogP contribution in [0.5, 0.6) is 0 Å². The minimum Gasteiger partial charge on any atom is -0.328 e. The molecule has 4 heteroatoms. The van der Waals surface area contributed by atoms with Crippen molar-refractivity contribution in [2.75, 3.05) is 26.2 Å². The number of hydrogen-bond donors (Lipinski definition) is 4. The normalized spacial score (nSPS) is 33.0. The van der Waals surface area contributed by atoms with Crippen LogP contribution in [0.3, 0.4) is 0 Å². The van der Waals surface area contributed by atoms with Gasteiger partial charge < -0.3 is 22.1 Å². The maximum absolute atomic E-state index is 5.64. The lowest BCUT2D eigenvalue weighted by Gasteiger charge is -2.22. The second kappa shape index (κ2) is 7.17. The minimum absolute atomic E-state index is 0.440. The van der Waals surface area contributed by atoms with Gasteiger partial charge in [0.1, 0.15) is 0 Å². The Labute approximate surface area is 86.8 Å². The van der Waals surface area contributed by atoms with Gasteiger partial charge in [0.2, 0.25) is 0 Å². The van der Waals surface area contributed by atoms with E-state index in [2.05, 4.69) is 10.6 Å². The Kier molecular flexibility index (Phi) is 6.10. The van der Waals surface area contributed by atoms with Gasteiger partial charge >= 0.3 is 0 Å². The molecule has 0 amide bonds. The van der Waals surface area contributed by atoms with Crippen LogP contribution >= 0.6 is 0 Å². The Morgan fingerprint density at radius 2 is 0.929 bits per heavy atom. The van der Waals surface area contributed by atoms with Crippen molar-refractivity contribution in [2.24, 2.45) is 11.5 Å². The van der Waals surface area contributed by atoms with Gasteiger partial charge in [0.25, 0.3) is 0 Å². The number of nitrogens with two attached hydrogens (primary N) is 2. The molecule has 1 aliphatic carbocycles. The fourth-order valence-corrected chi connectivity index (χ4v) is 1.75. The molecule has 0 bridgehead atoms. The van der Waals surface area contributed by atoms with Crippen molar-refractivity contribution < 1.29 is 0 Å². The molecule has 0 unspecified atom stereocenters. The molecule has 0 spiro atoms. The molecule has 6 N–H and O–H groups in total. The zero-order chi connectivity index (χ0) is 10.2. The molecule has 1 aliphatic heterocycles. The van der Waals surface area contributed by atoms with Crippen molar-refractivity contribution in [3.63, 3.8) is 0 Å². The number of hydrogen-bond acceptors (Lipinski definition) is 4. The molecule has 1 saturated heterocycles. The van der Waals surface area contributed by atoms with E-state index in [9.17, 15) is 0 Å². The quantitative estimate of drug-likeness (QED) is 0.421. The first kappa shape index (κ1) is 11.9. The Morgan fingerprint density at radius 1 is 0.643 bits per heavy atom. The highest BCUT2D eigenvalue weighted by Crippen LogP contribution is 2.14. The van der Waals surface area contributed by atoms with Crippen LogP contribution < -0.4 is 22.1 Å². The highest BCUT2D eigenvalue weighted by Gasteiger charge is 2.13. The van der Waals surface area contributed by atoms with Gasteiger partial charge in [0, 0.05) is 38.3 Å². The molecule has 2 rings (SSSR count). The first-order valence-corrected chi connectivity index (χ1v) is 5.71. The summed E-state index contributed by atoms with van der Waals surface area (Å²) in [5.41, 5.74) is 11.3. The van der Waals surface area contributed by atoms with E-state index in [0.29, 0.717) is 12.1 Å². The van der Waals surface area contributed by atoms with Gasteiger partial charge in [-0.05, 0) is 25.7 Å². The topological polar surface area (TPSA) is 76.1 Å². The van der Waals surface area contributed by atoms with Gasteiger partial charge in [-0.2, -0.15) is 0 Å². The van der Waals surface area contributed by atoms with E-state index < -0.39 is 0 Å². The van der Waals surface area contributed by atoms with Crippen LogP contribution in [0.1, 0.15) is 25.7 Å². The Morgan fingerprint density at radius 3 is 1.14 bits per heavy atom. The lowest BCUT2D eigenvalue weighted by molar-refractivity contribution is 0.395. The van der Waals surface area contributed by atoms with Crippen molar-refractivity contribution in [2.45, 2.75) is 37.8 Å². The molecule has 1 heterocycles. The zero-order valence-corrected chi connectivity index (χ0v) is 8.97. The average molecular weight is 200 g/mol. The van der Waals surface area contributed by atoms with E-state index in [1.165, 1.54) is 0 Å². The van der Waals surface area contributed by atoms with Gasteiger partial charge in [-0.15, -0.1) is 0 Å². The molecule has 0 aromatic rings. The molecule has 0 aromatic carbocycles. The van der Waals surface area contributed by atoms with Crippen molar-refractivity contribution >= 4 is 0 Å². The first-order valence-electron chi connectivity index (χ1n) is 5.71. The zero-order valence-electron chi connectivity index (χ0n) is 8.97. The highest BCUT2D eigenvalue weighted by molar-refractivity contribution is 4.75. The summed E-state index contributed by atoms with van der Waals surface area (Å²) in [6, 6.07) is 0.879. The molecule has 0 radical (unpaired) electrons. The van der Waals surface area contributed by atoms with Crippen LogP contribution in [0.25, 0.3) is 0 Å². The number of piperazine rings is 1. The molecule has 1 saturated carbocycles. The molecule has 14 heavy (non-hydrogen) atoms. The molecule has 0 aromatic heterocycles. The molecule has 0 atom stereocenters. The fraction of sp³-hybridized carbons (Fsp3) is 1.00. The van der Waals surface area contributed by atoms with E-state index in [4.69, 9.17) is 11.5 Å². The molecule has 2 aliphatic rings. The van der Waals surface area contributed by atoms with E-state index in [-0.39, 0.29) is 0 Å². The van der Waals surface area contributed by atoms with E-state index in [0.717, 1.165) is 51.9 Å². The molecular weight excluding hydrogens is 176 g/mol. The van der Waals surface area contributed by atoms with Gasteiger partial charge in [-0.25, -0.2) is 0 Å². The summed E-state index contributed by atoms with van der Waals surface area (Å²) < 4.78 is 0. The summed E-state index contributed by atoms with van der Waals surface area (Å²) in [6.45, 7) is 4.56. The van der Waals surface area contributed by atoms with Crippen molar-refractivity contribution in [3.05, 3.63) is 0 Å². The van der Waals surface area contributed by atoms with Gasteiger partial charge in [0.15, 0.2) is 0 Å². The third-order valence-electron chi connectivity index (χ3n) is 2.77. The molecular formula is C10H24N4. The van der Waals surface area contributed by atoms with E-state index in [1.807, 2.05) is 0 Å². The Bertz CT molecular complexity index is 107. The second-order valence-electron chi connectivity index (χ2n) is 4.17. The maximum atomic E-state index is 5.64. The highest BCUT2D eigenvalue weighted by atomic mass is 15.0. The Hall–Kier alpha value is -0.160. The summed E-state index contributed by atoms with van der Waals surface area (Å²) in [7, 11) is 0. The molecule has 2 fully saturated rings. The third-order valence-corrected chi connectivity index (χ3v) is 2.77. The van der Waals surface area contributed by atoms with Crippen LogP contribution in [-0.2, 0) is 0 Å². The summed E-state index contributed by atoms with van der Waals surface area (Å²) in [5, 5.41) is 6.44. The lowest BCUT2D eigenvalue weighted by Crippen LogP contribution is -2.39. The largest absolute Gasteiger partial charge is 0.328 e. The molecule has 4 nitrogen and oxygen atoms in total. The summed E-state index contributed by atoms with van der Waals surface area (Å²) in [6.07, 6.45) is 4.50. The van der Waals surface area contributed by atoms with Crippen LogP contribution in [0, 0.1) is 0 Å². The van der Waals surface area contributed by atoms with Crippen molar-refractivity contribution in [1.29, 1.82) is 0 Å².